The number of aromatic nitrogens is 2. The van der Waals surface area contributed by atoms with Crippen LogP contribution >= 0.6 is 0 Å². The highest BCUT2D eigenvalue weighted by molar-refractivity contribution is 7.91. The summed E-state index contributed by atoms with van der Waals surface area (Å²) in [5.41, 5.74) is 0.358. The van der Waals surface area contributed by atoms with Gasteiger partial charge in [0, 0.05) is 12.5 Å². The molecule has 2 heterocycles. The normalized spacial score (nSPS) is 15.9. The number of hydrogen-bond acceptors (Lipinski definition) is 7. The molecule has 0 aliphatic carbocycles. The van der Waals surface area contributed by atoms with Crippen molar-refractivity contribution in [3.8, 4) is 5.88 Å². The van der Waals surface area contributed by atoms with Crippen molar-refractivity contribution >= 4 is 19.7 Å². The number of hydrogen-bond donors (Lipinski definition) is 0. The van der Waals surface area contributed by atoms with Gasteiger partial charge in [-0.05, 0) is 12.8 Å². The molecule has 1 aliphatic heterocycles. The van der Waals surface area contributed by atoms with E-state index in [1.165, 1.54) is 0 Å². The highest BCUT2D eigenvalue weighted by Gasteiger charge is 2.27. The number of rotatable bonds is 2. The number of sulfone groups is 2. The molecule has 0 spiro atoms. The Balaban J connectivity index is 2.79. The second-order valence-electron chi connectivity index (χ2n) is 4.09. The third-order valence-corrected chi connectivity index (χ3v) is 4.29. The molecule has 0 saturated carbocycles. The van der Waals surface area contributed by atoms with Gasteiger partial charge < -0.3 is 4.74 Å². The quantitative estimate of drug-likeness (QED) is 0.540. The van der Waals surface area contributed by atoms with Crippen molar-refractivity contribution in [1.82, 2.24) is 9.97 Å². The van der Waals surface area contributed by atoms with Crippen LogP contribution in [0.1, 0.15) is 12.0 Å². The first kappa shape index (κ1) is 13.2. The zero-order chi connectivity index (χ0) is 13.6. The summed E-state index contributed by atoms with van der Waals surface area (Å²) in [7, 11) is -7.31. The monoisotopic (exact) mass is 292 g/mol. The van der Waals surface area contributed by atoms with Crippen LogP contribution in [-0.2, 0) is 26.1 Å². The SMILES string of the molecule is CS(=O)(=O)c1nc2c(c(S(C)(=O)=O)n1)CCCO2. The minimum Gasteiger partial charge on any atom is -0.477 e. The smallest absolute Gasteiger partial charge is 0.251 e. The van der Waals surface area contributed by atoms with E-state index in [1.54, 1.807) is 0 Å². The lowest BCUT2D eigenvalue weighted by Gasteiger charge is -2.18. The van der Waals surface area contributed by atoms with Gasteiger partial charge in [-0.1, -0.05) is 0 Å². The van der Waals surface area contributed by atoms with Crippen LogP contribution in [0.4, 0.5) is 0 Å². The zero-order valence-electron chi connectivity index (χ0n) is 9.87. The van der Waals surface area contributed by atoms with Gasteiger partial charge in [-0.3, -0.25) is 0 Å². The molecular weight excluding hydrogens is 280 g/mol. The molecule has 0 unspecified atom stereocenters. The fourth-order valence-electron chi connectivity index (χ4n) is 1.65. The molecular formula is C9H12N2O5S2. The topological polar surface area (TPSA) is 103 Å². The minimum absolute atomic E-state index is 0.0529. The van der Waals surface area contributed by atoms with E-state index >= 15 is 0 Å². The van der Waals surface area contributed by atoms with E-state index < -0.39 is 24.8 Å². The van der Waals surface area contributed by atoms with Crippen molar-refractivity contribution < 1.29 is 21.6 Å². The van der Waals surface area contributed by atoms with Crippen LogP contribution in [0.5, 0.6) is 5.88 Å². The molecule has 1 aromatic heterocycles. The molecule has 0 radical (unpaired) electrons. The predicted octanol–water partition coefficient (Wildman–Crippen LogP) is -0.391. The van der Waals surface area contributed by atoms with Gasteiger partial charge in [0.15, 0.2) is 14.9 Å². The van der Waals surface area contributed by atoms with Gasteiger partial charge in [-0.15, -0.1) is 0 Å². The Morgan fingerprint density at radius 3 is 2.28 bits per heavy atom. The lowest BCUT2D eigenvalue weighted by molar-refractivity contribution is 0.268. The van der Waals surface area contributed by atoms with Gasteiger partial charge >= 0.3 is 0 Å². The molecule has 0 aromatic carbocycles. The van der Waals surface area contributed by atoms with E-state index in [2.05, 4.69) is 9.97 Å². The van der Waals surface area contributed by atoms with E-state index in [0.29, 0.717) is 25.0 Å². The summed E-state index contributed by atoms with van der Waals surface area (Å²) in [6.07, 6.45) is 3.01. The summed E-state index contributed by atoms with van der Waals surface area (Å²) in [6, 6.07) is 0. The van der Waals surface area contributed by atoms with Crippen molar-refractivity contribution in [3.63, 3.8) is 0 Å². The molecule has 1 aromatic rings. The molecule has 0 atom stereocenters. The van der Waals surface area contributed by atoms with Crippen LogP contribution in [0.25, 0.3) is 0 Å². The molecule has 0 bridgehead atoms. The van der Waals surface area contributed by atoms with Gasteiger partial charge in [-0.25, -0.2) is 21.8 Å². The third kappa shape index (κ3) is 2.46. The van der Waals surface area contributed by atoms with Crippen molar-refractivity contribution in [3.05, 3.63) is 5.56 Å². The van der Waals surface area contributed by atoms with Gasteiger partial charge in [-0.2, -0.15) is 4.98 Å². The molecule has 9 heteroatoms. The van der Waals surface area contributed by atoms with E-state index in [0.717, 1.165) is 12.5 Å². The highest BCUT2D eigenvalue weighted by Crippen LogP contribution is 2.28. The summed E-state index contributed by atoms with van der Waals surface area (Å²) < 4.78 is 51.3. The maximum atomic E-state index is 11.6. The molecule has 0 saturated heterocycles. The van der Waals surface area contributed by atoms with E-state index in [9.17, 15) is 16.8 Å². The molecule has 7 nitrogen and oxygen atoms in total. The van der Waals surface area contributed by atoms with Crippen molar-refractivity contribution in [2.75, 3.05) is 19.1 Å². The first-order valence-electron chi connectivity index (χ1n) is 5.13. The minimum atomic E-state index is -3.69. The van der Waals surface area contributed by atoms with Crippen molar-refractivity contribution in [2.45, 2.75) is 23.0 Å². The van der Waals surface area contributed by atoms with Gasteiger partial charge in [0.05, 0.1) is 12.2 Å². The Kier molecular flexibility index (Phi) is 3.06. The van der Waals surface area contributed by atoms with Gasteiger partial charge in [0.25, 0.3) is 5.16 Å². The van der Waals surface area contributed by atoms with E-state index in [-0.39, 0.29) is 10.9 Å². The zero-order valence-corrected chi connectivity index (χ0v) is 11.5. The Morgan fingerprint density at radius 2 is 1.72 bits per heavy atom. The Bertz CT molecular complexity index is 694. The van der Waals surface area contributed by atoms with E-state index in [4.69, 9.17) is 4.74 Å². The molecule has 0 N–H and O–H groups in total. The summed E-state index contributed by atoms with van der Waals surface area (Å²) in [4.78, 5) is 7.43. The summed E-state index contributed by atoms with van der Waals surface area (Å²) >= 11 is 0. The van der Waals surface area contributed by atoms with Crippen LogP contribution in [-0.4, -0.2) is 45.9 Å². The highest BCUT2D eigenvalue weighted by atomic mass is 32.2. The van der Waals surface area contributed by atoms with Crippen LogP contribution in [0.15, 0.2) is 10.2 Å². The molecule has 18 heavy (non-hydrogen) atoms. The Hall–Kier alpha value is -1.22. The third-order valence-electron chi connectivity index (χ3n) is 2.40. The maximum Gasteiger partial charge on any atom is 0.251 e. The molecule has 0 fully saturated rings. The average Bonchev–Trinajstić information content (AvgIpc) is 2.25. The van der Waals surface area contributed by atoms with Gasteiger partial charge in [0.2, 0.25) is 15.7 Å². The molecule has 100 valence electrons. The van der Waals surface area contributed by atoms with Crippen molar-refractivity contribution in [1.29, 1.82) is 0 Å². The molecule has 2 rings (SSSR count). The first-order valence-corrected chi connectivity index (χ1v) is 8.92. The number of ether oxygens (including phenoxy) is 1. The summed E-state index contributed by atoms with van der Waals surface area (Å²) in [5, 5.41) is -0.781. The second kappa shape index (κ2) is 4.16. The molecule has 1 aliphatic rings. The Morgan fingerprint density at radius 1 is 1.06 bits per heavy atom. The predicted molar refractivity (Wildman–Crippen MR) is 62.1 cm³/mol. The van der Waals surface area contributed by atoms with Crippen LogP contribution in [0.3, 0.4) is 0 Å². The number of fused-ring (bicyclic) bond motifs is 1. The largest absolute Gasteiger partial charge is 0.477 e. The summed E-state index contributed by atoms with van der Waals surface area (Å²) in [6.45, 7) is 0.385. The van der Waals surface area contributed by atoms with Gasteiger partial charge in [0.1, 0.15) is 0 Å². The standard InChI is InChI=1S/C9H12N2O5S2/c1-17(12,13)8-6-4-3-5-16-7(6)10-9(11-8)18(2,14)15/h3-5H2,1-2H3. The first-order chi connectivity index (χ1) is 8.19. The van der Waals surface area contributed by atoms with E-state index in [1.807, 2.05) is 0 Å². The number of nitrogens with zero attached hydrogens (tertiary/aromatic N) is 2. The van der Waals surface area contributed by atoms with Crippen molar-refractivity contribution in [2.24, 2.45) is 0 Å². The maximum absolute atomic E-state index is 11.6. The van der Waals surface area contributed by atoms with Crippen LogP contribution in [0, 0.1) is 0 Å². The van der Waals surface area contributed by atoms with Crippen LogP contribution in [0.2, 0.25) is 0 Å². The second-order valence-corrected chi connectivity index (χ2v) is 7.93. The fourth-order valence-corrected chi connectivity index (χ4v) is 3.10. The lowest BCUT2D eigenvalue weighted by atomic mass is 10.1. The fraction of sp³-hybridized carbons (Fsp3) is 0.556. The summed E-state index contributed by atoms with van der Waals surface area (Å²) in [5.74, 6) is 0.0529. The molecule has 0 amide bonds. The Labute approximate surface area is 105 Å². The lowest BCUT2D eigenvalue weighted by Crippen LogP contribution is -2.19. The average molecular weight is 292 g/mol. The van der Waals surface area contributed by atoms with Crippen LogP contribution < -0.4 is 4.74 Å².